The first-order chi connectivity index (χ1) is 7.35. The summed E-state index contributed by atoms with van der Waals surface area (Å²) in [6.45, 7) is 4.67. The first-order valence-corrected chi connectivity index (χ1v) is 6.06. The third-order valence-corrected chi connectivity index (χ3v) is 3.76. The molecule has 0 N–H and O–H groups in total. The Bertz CT molecular complexity index is 337. The minimum absolute atomic E-state index is 0.455. The van der Waals surface area contributed by atoms with Crippen molar-refractivity contribution in [1.29, 1.82) is 0 Å². The lowest BCUT2D eigenvalue weighted by atomic mass is 10.2. The number of aldehydes is 1. The van der Waals surface area contributed by atoms with Crippen LogP contribution in [0.2, 0.25) is 0 Å². The lowest BCUT2D eigenvalue weighted by Crippen LogP contribution is -2.44. The van der Waals surface area contributed by atoms with Crippen molar-refractivity contribution in [3.63, 3.8) is 0 Å². The molecule has 4 heteroatoms. The maximum atomic E-state index is 10.6. The highest BCUT2D eigenvalue weighted by molar-refractivity contribution is 7.17. The van der Waals surface area contributed by atoms with E-state index in [1.807, 2.05) is 12.1 Å². The van der Waals surface area contributed by atoms with Crippen LogP contribution in [0.3, 0.4) is 0 Å². The van der Waals surface area contributed by atoms with Crippen LogP contribution < -0.4 is 4.90 Å². The first kappa shape index (κ1) is 10.6. The summed E-state index contributed by atoms with van der Waals surface area (Å²) < 4.78 is 5.45. The van der Waals surface area contributed by atoms with Crippen LogP contribution in [0.5, 0.6) is 0 Å². The van der Waals surface area contributed by atoms with E-state index in [9.17, 15) is 4.79 Å². The largest absolute Gasteiger partial charge is 0.377 e. The fourth-order valence-electron chi connectivity index (χ4n) is 1.84. The molecular formula is C11H15NO2S. The fourth-order valence-corrected chi connectivity index (χ4v) is 2.76. The maximum Gasteiger partial charge on any atom is 0.160 e. The smallest absolute Gasteiger partial charge is 0.160 e. The van der Waals surface area contributed by atoms with E-state index in [2.05, 4.69) is 11.8 Å². The van der Waals surface area contributed by atoms with Gasteiger partial charge in [-0.05, 0) is 18.6 Å². The molecule has 1 aliphatic heterocycles. The summed E-state index contributed by atoms with van der Waals surface area (Å²) >= 11 is 1.56. The number of thiophene rings is 1. The second kappa shape index (κ2) is 4.77. The van der Waals surface area contributed by atoms with E-state index in [1.165, 1.54) is 5.00 Å². The zero-order valence-electron chi connectivity index (χ0n) is 8.81. The van der Waals surface area contributed by atoms with E-state index in [1.54, 1.807) is 11.3 Å². The van der Waals surface area contributed by atoms with Gasteiger partial charge in [-0.1, -0.05) is 6.92 Å². The van der Waals surface area contributed by atoms with Crippen molar-refractivity contribution in [3.8, 4) is 0 Å². The summed E-state index contributed by atoms with van der Waals surface area (Å²) in [5.41, 5.74) is 0. The molecule has 0 aliphatic carbocycles. The van der Waals surface area contributed by atoms with Gasteiger partial charge < -0.3 is 9.64 Å². The van der Waals surface area contributed by atoms with E-state index in [-0.39, 0.29) is 0 Å². The zero-order valence-corrected chi connectivity index (χ0v) is 9.63. The van der Waals surface area contributed by atoms with Gasteiger partial charge in [-0.3, -0.25) is 4.79 Å². The third kappa shape index (κ3) is 2.21. The van der Waals surface area contributed by atoms with Crippen LogP contribution in [-0.4, -0.2) is 32.1 Å². The Labute approximate surface area is 93.7 Å². The number of hydrogen-bond donors (Lipinski definition) is 0. The van der Waals surface area contributed by atoms with Crippen LogP contribution in [0.25, 0.3) is 0 Å². The van der Waals surface area contributed by atoms with Gasteiger partial charge in [0, 0.05) is 6.54 Å². The number of morpholine rings is 1. The average Bonchev–Trinajstić information content (AvgIpc) is 2.77. The SMILES string of the molecule is CCC1COCCN1c1ccc(C=O)s1. The highest BCUT2D eigenvalue weighted by Crippen LogP contribution is 2.28. The molecule has 1 saturated heterocycles. The molecule has 1 aliphatic rings. The topological polar surface area (TPSA) is 29.5 Å². The van der Waals surface area contributed by atoms with Gasteiger partial charge in [-0.25, -0.2) is 0 Å². The van der Waals surface area contributed by atoms with Crippen molar-refractivity contribution in [2.75, 3.05) is 24.7 Å². The highest BCUT2D eigenvalue weighted by Gasteiger charge is 2.22. The molecule has 2 rings (SSSR count). The number of nitrogens with zero attached hydrogens (tertiary/aromatic N) is 1. The second-order valence-corrected chi connectivity index (χ2v) is 4.72. The van der Waals surface area contributed by atoms with E-state index in [4.69, 9.17) is 4.74 Å². The quantitative estimate of drug-likeness (QED) is 0.738. The van der Waals surface area contributed by atoms with Crippen LogP contribution >= 0.6 is 11.3 Å². The Balaban J connectivity index is 2.16. The Morgan fingerprint density at radius 3 is 3.20 bits per heavy atom. The van der Waals surface area contributed by atoms with Crippen molar-refractivity contribution < 1.29 is 9.53 Å². The molecule has 1 aromatic heterocycles. The number of hydrogen-bond acceptors (Lipinski definition) is 4. The minimum atomic E-state index is 0.455. The van der Waals surface area contributed by atoms with Crippen molar-refractivity contribution in [2.24, 2.45) is 0 Å². The summed E-state index contributed by atoms with van der Waals surface area (Å²) in [7, 11) is 0. The lowest BCUT2D eigenvalue weighted by Gasteiger charge is -2.35. The summed E-state index contributed by atoms with van der Waals surface area (Å²) in [4.78, 5) is 13.8. The Morgan fingerprint density at radius 2 is 2.53 bits per heavy atom. The number of carbonyl (C=O) groups excluding carboxylic acids is 1. The number of ether oxygens (including phenoxy) is 1. The summed E-state index contributed by atoms with van der Waals surface area (Å²) in [6, 6.07) is 4.37. The molecule has 82 valence electrons. The zero-order chi connectivity index (χ0) is 10.7. The van der Waals surface area contributed by atoms with E-state index in [0.717, 1.165) is 37.3 Å². The summed E-state index contributed by atoms with van der Waals surface area (Å²) in [5, 5.41) is 1.19. The molecule has 1 unspecified atom stereocenters. The van der Waals surface area contributed by atoms with Gasteiger partial charge in [-0.2, -0.15) is 0 Å². The molecular weight excluding hydrogens is 210 g/mol. The molecule has 1 aromatic rings. The van der Waals surface area contributed by atoms with Crippen molar-refractivity contribution >= 4 is 22.6 Å². The van der Waals surface area contributed by atoms with Crippen molar-refractivity contribution in [3.05, 3.63) is 17.0 Å². The molecule has 2 heterocycles. The number of rotatable bonds is 3. The molecule has 1 fully saturated rings. The Kier molecular flexibility index (Phi) is 3.38. The van der Waals surface area contributed by atoms with Crippen LogP contribution in [-0.2, 0) is 4.74 Å². The standard InChI is InChI=1S/C11H15NO2S/c1-2-9-8-14-6-5-12(9)11-4-3-10(7-13)15-11/h3-4,7,9H,2,5-6,8H2,1H3. The van der Waals surface area contributed by atoms with E-state index in [0.29, 0.717) is 6.04 Å². The predicted molar refractivity (Wildman–Crippen MR) is 62.0 cm³/mol. The predicted octanol–water partition coefficient (Wildman–Crippen LogP) is 2.18. The van der Waals surface area contributed by atoms with Crippen LogP contribution in [0.15, 0.2) is 12.1 Å². The van der Waals surface area contributed by atoms with Crippen LogP contribution in [0, 0.1) is 0 Å². The Morgan fingerprint density at radius 1 is 1.67 bits per heavy atom. The second-order valence-electron chi connectivity index (χ2n) is 3.62. The molecule has 1 atom stereocenters. The highest BCUT2D eigenvalue weighted by atomic mass is 32.1. The number of anilines is 1. The van der Waals surface area contributed by atoms with Gasteiger partial charge in [0.05, 0.1) is 29.1 Å². The molecule has 15 heavy (non-hydrogen) atoms. The fraction of sp³-hybridized carbons (Fsp3) is 0.545. The molecule has 0 aromatic carbocycles. The first-order valence-electron chi connectivity index (χ1n) is 5.24. The third-order valence-electron chi connectivity index (χ3n) is 2.71. The normalized spacial score (nSPS) is 21.7. The van der Waals surface area contributed by atoms with Gasteiger partial charge in [0.25, 0.3) is 0 Å². The Hall–Kier alpha value is -0.870. The van der Waals surface area contributed by atoms with Crippen LogP contribution in [0.1, 0.15) is 23.0 Å². The molecule has 3 nitrogen and oxygen atoms in total. The van der Waals surface area contributed by atoms with Gasteiger partial charge in [0.2, 0.25) is 0 Å². The molecule has 0 radical (unpaired) electrons. The van der Waals surface area contributed by atoms with Crippen molar-refractivity contribution in [1.82, 2.24) is 0 Å². The molecule has 0 saturated carbocycles. The monoisotopic (exact) mass is 225 g/mol. The maximum absolute atomic E-state index is 10.6. The average molecular weight is 225 g/mol. The molecule has 0 spiro atoms. The van der Waals surface area contributed by atoms with Gasteiger partial charge in [0.1, 0.15) is 0 Å². The molecule has 0 amide bonds. The van der Waals surface area contributed by atoms with Gasteiger partial charge >= 0.3 is 0 Å². The van der Waals surface area contributed by atoms with Gasteiger partial charge in [-0.15, -0.1) is 11.3 Å². The summed E-state index contributed by atoms with van der Waals surface area (Å²) in [6.07, 6.45) is 1.99. The van der Waals surface area contributed by atoms with Crippen LogP contribution in [0.4, 0.5) is 5.00 Å². The number of carbonyl (C=O) groups is 1. The summed E-state index contributed by atoms with van der Waals surface area (Å²) in [5.74, 6) is 0. The van der Waals surface area contributed by atoms with Gasteiger partial charge in [0.15, 0.2) is 6.29 Å². The van der Waals surface area contributed by atoms with E-state index < -0.39 is 0 Å². The minimum Gasteiger partial charge on any atom is -0.377 e. The lowest BCUT2D eigenvalue weighted by molar-refractivity contribution is 0.0933. The van der Waals surface area contributed by atoms with E-state index >= 15 is 0 Å². The van der Waals surface area contributed by atoms with Crippen molar-refractivity contribution in [2.45, 2.75) is 19.4 Å². The molecule has 0 bridgehead atoms.